The summed E-state index contributed by atoms with van der Waals surface area (Å²) in [5.41, 5.74) is 2.77. The van der Waals surface area contributed by atoms with Crippen LogP contribution in [0.3, 0.4) is 0 Å². The Hall–Kier alpha value is -2.16. The second-order valence-electron chi connectivity index (χ2n) is 9.37. The third kappa shape index (κ3) is 6.09. The van der Waals surface area contributed by atoms with Gasteiger partial charge in [-0.05, 0) is 76.9 Å². The van der Waals surface area contributed by atoms with Crippen LogP contribution in [0, 0.1) is 0 Å². The van der Waals surface area contributed by atoms with Crippen molar-refractivity contribution in [3.63, 3.8) is 0 Å². The highest BCUT2D eigenvalue weighted by Gasteiger charge is 2.34. The first-order chi connectivity index (χ1) is 15.8. The number of alkyl carbamates (subject to hydrolysis) is 1. The molecule has 9 heteroatoms. The van der Waals surface area contributed by atoms with E-state index in [9.17, 15) is 9.59 Å². The summed E-state index contributed by atoms with van der Waals surface area (Å²) in [4.78, 5) is 35.0. The number of carbonyl (C=O) groups is 2. The lowest BCUT2D eigenvalue weighted by atomic mass is 9.90. The van der Waals surface area contributed by atoms with Gasteiger partial charge in [0, 0.05) is 41.8 Å². The molecule has 0 unspecified atom stereocenters. The molecule has 2 amide bonds. The Kier molecular flexibility index (Phi) is 8.95. The van der Waals surface area contributed by atoms with E-state index in [0.29, 0.717) is 6.42 Å². The number of benzene rings is 1. The second-order valence-corrected chi connectivity index (χ2v) is 10.5. The van der Waals surface area contributed by atoms with Crippen LogP contribution in [-0.2, 0) is 16.1 Å². The van der Waals surface area contributed by atoms with Gasteiger partial charge < -0.3 is 15.0 Å². The molecule has 0 radical (unpaired) electrons. The average molecular weight is 507 g/mol. The highest BCUT2D eigenvalue weighted by molar-refractivity contribution is 7.15. The summed E-state index contributed by atoms with van der Waals surface area (Å²) in [5, 5.41) is 3.97. The van der Waals surface area contributed by atoms with Gasteiger partial charge >= 0.3 is 6.09 Å². The Labute approximate surface area is 212 Å². The third-order valence-electron chi connectivity index (χ3n) is 6.28. The van der Waals surface area contributed by atoms with E-state index in [4.69, 9.17) is 9.72 Å². The smallest absolute Gasteiger partial charge is 0.407 e. The van der Waals surface area contributed by atoms with Crippen molar-refractivity contribution in [3.8, 4) is 10.6 Å². The standard InChI is InChI=1S/C25H34N4O3S.ClH/c1-16(2)32-25(31)27-22-12-17(3)29(18(4)30)23-9-8-19(13-21(22)23)24-26-14-20(33-24)15-28-10-6-5-7-11-28;/h8-9,13-14,16-17,22H,5-7,10-12,15H2,1-4H3,(H,27,31);1H/t17-,22+;/m1./s1. The zero-order valence-electron chi connectivity index (χ0n) is 20.4. The van der Waals surface area contributed by atoms with Gasteiger partial charge in [-0.3, -0.25) is 9.69 Å². The lowest BCUT2D eigenvalue weighted by molar-refractivity contribution is -0.117. The quantitative estimate of drug-likeness (QED) is 0.576. The van der Waals surface area contributed by atoms with E-state index >= 15 is 0 Å². The number of fused-ring (bicyclic) bond motifs is 1. The molecule has 186 valence electrons. The molecule has 0 bridgehead atoms. The van der Waals surface area contributed by atoms with Crippen LogP contribution >= 0.6 is 23.7 Å². The van der Waals surface area contributed by atoms with Crippen molar-refractivity contribution < 1.29 is 14.3 Å². The number of hydrogen-bond acceptors (Lipinski definition) is 6. The first-order valence-electron chi connectivity index (χ1n) is 11.9. The lowest BCUT2D eigenvalue weighted by Crippen LogP contribution is -2.45. The molecule has 3 heterocycles. The number of amides is 2. The van der Waals surface area contributed by atoms with Crippen LogP contribution in [0.15, 0.2) is 24.4 Å². The number of piperidine rings is 1. The molecule has 2 atom stereocenters. The molecule has 7 nitrogen and oxygen atoms in total. The molecule has 2 aliphatic rings. The van der Waals surface area contributed by atoms with Crippen LogP contribution in [0.4, 0.5) is 10.5 Å². The minimum absolute atomic E-state index is 0. The molecule has 1 fully saturated rings. The Morgan fingerprint density at radius 3 is 2.65 bits per heavy atom. The predicted molar refractivity (Wildman–Crippen MR) is 139 cm³/mol. The number of carbonyl (C=O) groups excluding carboxylic acids is 2. The zero-order chi connectivity index (χ0) is 23.5. The number of rotatable bonds is 5. The highest BCUT2D eigenvalue weighted by Crippen LogP contribution is 2.40. The SMILES string of the molecule is CC(=O)N1c2ccc(-c3ncc(CN4CCCCC4)s3)cc2[C@@H](NC(=O)OC(C)C)C[C@H]1C.Cl. The van der Waals surface area contributed by atoms with Crippen molar-refractivity contribution in [1.29, 1.82) is 0 Å². The summed E-state index contributed by atoms with van der Waals surface area (Å²) in [6.07, 6.45) is 5.85. The first kappa shape index (κ1) is 26.4. The van der Waals surface area contributed by atoms with E-state index in [0.717, 1.165) is 41.5 Å². The Bertz CT molecular complexity index is 1010. The fraction of sp³-hybridized carbons (Fsp3) is 0.560. The van der Waals surface area contributed by atoms with Crippen LogP contribution < -0.4 is 10.2 Å². The fourth-order valence-electron chi connectivity index (χ4n) is 4.86. The molecule has 0 aliphatic carbocycles. The van der Waals surface area contributed by atoms with Gasteiger partial charge in [0.05, 0.1) is 12.1 Å². The first-order valence-corrected chi connectivity index (χ1v) is 12.7. The van der Waals surface area contributed by atoms with Gasteiger partial charge in [0.1, 0.15) is 5.01 Å². The number of nitrogens with one attached hydrogen (secondary N) is 1. The van der Waals surface area contributed by atoms with Crippen LogP contribution in [-0.4, -0.2) is 47.1 Å². The molecule has 4 rings (SSSR count). The molecular formula is C25H35ClN4O3S. The van der Waals surface area contributed by atoms with E-state index in [1.54, 1.807) is 18.3 Å². The minimum atomic E-state index is -0.437. The minimum Gasteiger partial charge on any atom is -0.447 e. The summed E-state index contributed by atoms with van der Waals surface area (Å²) in [5.74, 6) is -0.00206. The number of anilines is 1. The average Bonchev–Trinajstić information content (AvgIpc) is 3.22. The van der Waals surface area contributed by atoms with Gasteiger partial charge in [-0.2, -0.15) is 0 Å². The van der Waals surface area contributed by atoms with Gasteiger partial charge in [0.2, 0.25) is 5.91 Å². The summed E-state index contributed by atoms with van der Waals surface area (Å²) in [6.45, 7) is 10.5. The van der Waals surface area contributed by atoms with Crippen LogP contribution in [0.25, 0.3) is 10.6 Å². The van der Waals surface area contributed by atoms with Gasteiger partial charge in [-0.25, -0.2) is 9.78 Å². The summed E-state index contributed by atoms with van der Waals surface area (Å²) in [7, 11) is 0. The highest BCUT2D eigenvalue weighted by atomic mass is 35.5. The summed E-state index contributed by atoms with van der Waals surface area (Å²) < 4.78 is 5.32. The molecule has 1 aromatic heterocycles. The van der Waals surface area contributed by atoms with Crippen LogP contribution in [0.1, 0.15) is 69.9 Å². The second kappa shape index (κ2) is 11.5. The van der Waals surface area contributed by atoms with Gasteiger partial charge in [-0.15, -0.1) is 23.7 Å². The van der Waals surface area contributed by atoms with E-state index in [2.05, 4.69) is 16.3 Å². The van der Waals surface area contributed by atoms with Crippen molar-refractivity contribution in [2.75, 3.05) is 18.0 Å². The maximum atomic E-state index is 12.4. The summed E-state index contributed by atoms with van der Waals surface area (Å²) in [6, 6.07) is 5.82. The topological polar surface area (TPSA) is 74.8 Å². The normalized spacial score (nSPS) is 20.4. The zero-order valence-corrected chi connectivity index (χ0v) is 22.0. The van der Waals surface area contributed by atoms with Crippen LogP contribution in [0.2, 0.25) is 0 Å². The van der Waals surface area contributed by atoms with E-state index < -0.39 is 6.09 Å². The number of thiazole rings is 1. The third-order valence-corrected chi connectivity index (χ3v) is 7.31. The number of ether oxygens (including phenoxy) is 1. The van der Waals surface area contributed by atoms with Crippen molar-refractivity contribution in [2.24, 2.45) is 0 Å². The van der Waals surface area contributed by atoms with Gasteiger partial charge in [0.25, 0.3) is 0 Å². The molecule has 1 N–H and O–H groups in total. The van der Waals surface area contributed by atoms with Crippen molar-refractivity contribution in [1.82, 2.24) is 15.2 Å². The summed E-state index contributed by atoms with van der Waals surface area (Å²) >= 11 is 1.72. The van der Waals surface area contributed by atoms with Crippen molar-refractivity contribution in [2.45, 2.75) is 78.1 Å². The molecule has 1 saturated heterocycles. The molecule has 2 aliphatic heterocycles. The van der Waals surface area contributed by atoms with E-state index in [-0.39, 0.29) is 36.5 Å². The van der Waals surface area contributed by atoms with Gasteiger partial charge in [-0.1, -0.05) is 6.42 Å². The Morgan fingerprint density at radius 2 is 1.97 bits per heavy atom. The Morgan fingerprint density at radius 1 is 1.24 bits per heavy atom. The number of nitrogens with zero attached hydrogens (tertiary/aromatic N) is 3. The molecule has 0 spiro atoms. The van der Waals surface area contributed by atoms with Crippen molar-refractivity contribution in [3.05, 3.63) is 34.8 Å². The van der Waals surface area contributed by atoms with Gasteiger partial charge in [0.15, 0.2) is 0 Å². The molecule has 0 saturated carbocycles. The predicted octanol–water partition coefficient (Wildman–Crippen LogP) is 5.54. The Balaban J connectivity index is 0.00000324. The molecule has 34 heavy (non-hydrogen) atoms. The maximum Gasteiger partial charge on any atom is 0.407 e. The monoisotopic (exact) mass is 506 g/mol. The van der Waals surface area contributed by atoms with E-state index in [1.807, 2.05) is 44.0 Å². The maximum absolute atomic E-state index is 12.4. The number of likely N-dealkylation sites (tertiary alicyclic amines) is 1. The van der Waals surface area contributed by atoms with E-state index in [1.165, 1.54) is 24.1 Å². The van der Waals surface area contributed by atoms with Crippen LogP contribution in [0.5, 0.6) is 0 Å². The number of aromatic nitrogens is 1. The lowest BCUT2D eigenvalue weighted by Gasteiger charge is -2.39. The number of hydrogen-bond donors (Lipinski definition) is 1. The largest absolute Gasteiger partial charge is 0.447 e. The molecule has 1 aromatic carbocycles. The fourth-order valence-corrected chi connectivity index (χ4v) is 5.81. The molecule has 2 aromatic rings. The molecular weight excluding hydrogens is 472 g/mol. The van der Waals surface area contributed by atoms with Crippen molar-refractivity contribution >= 4 is 41.4 Å². The number of halogens is 1.